The van der Waals surface area contributed by atoms with E-state index in [9.17, 15) is 4.79 Å². The van der Waals surface area contributed by atoms with Gasteiger partial charge < -0.3 is 10.6 Å². The van der Waals surface area contributed by atoms with Crippen LogP contribution in [0.5, 0.6) is 0 Å². The van der Waals surface area contributed by atoms with Crippen molar-refractivity contribution < 1.29 is 4.79 Å². The predicted molar refractivity (Wildman–Crippen MR) is 72.9 cm³/mol. The van der Waals surface area contributed by atoms with Gasteiger partial charge in [-0.15, -0.1) is 0 Å². The molecule has 2 aliphatic rings. The van der Waals surface area contributed by atoms with Crippen LogP contribution in [0.3, 0.4) is 0 Å². The largest absolute Gasteiger partial charge is 0.350 e. The minimum absolute atomic E-state index is 0.0215. The van der Waals surface area contributed by atoms with Gasteiger partial charge in [-0.1, -0.05) is 19.3 Å². The molecule has 5 nitrogen and oxygen atoms in total. The summed E-state index contributed by atoms with van der Waals surface area (Å²) in [5, 5.41) is 13.5. The van der Waals surface area contributed by atoms with Crippen molar-refractivity contribution >= 4 is 5.91 Å². The van der Waals surface area contributed by atoms with Crippen molar-refractivity contribution in [3.05, 3.63) is 17.0 Å². The molecule has 1 aromatic rings. The normalized spacial score (nSPS) is 20.0. The molecule has 0 bridgehead atoms. The number of hydrogen-bond donors (Lipinski definition) is 3. The molecule has 0 aromatic carbocycles. The summed E-state index contributed by atoms with van der Waals surface area (Å²) in [6.45, 7) is 2.50. The van der Waals surface area contributed by atoms with Gasteiger partial charge in [-0.2, -0.15) is 5.10 Å². The van der Waals surface area contributed by atoms with Crippen LogP contribution in [0.15, 0.2) is 0 Å². The number of aromatic amines is 1. The van der Waals surface area contributed by atoms with E-state index in [0.717, 1.165) is 37.3 Å². The molecule has 0 spiro atoms. The number of fused-ring (bicyclic) bond motifs is 1. The number of carbonyl (C=O) groups is 1. The molecule has 0 saturated heterocycles. The highest BCUT2D eigenvalue weighted by Gasteiger charge is 2.22. The van der Waals surface area contributed by atoms with E-state index in [-0.39, 0.29) is 5.91 Å². The topological polar surface area (TPSA) is 69.8 Å². The Bertz CT molecular complexity index is 448. The van der Waals surface area contributed by atoms with E-state index in [1.54, 1.807) is 0 Å². The smallest absolute Gasteiger partial charge is 0.272 e. The highest BCUT2D eigenvalue weighted by Crippen LogP contribution is 2.23. The summed E-state index contributed by atoms with van der Waals surface area (Å²) in [5.41, 5.74) is 2.74. The van der Waals surface area contributed by atoms with Crippen molar-refractivity contribution in [1.29, 1.82) is 0 Å². The molecule has 104 valence electrons. The summed E-state index contributed by atoms with van der Waals surface area (Å²) < 4.78 is 0. The zero-order chi connectivity index (χ0) is 13.1. The van der Waals surface area contributed by atoms with Crippen LogP contribution in [0.25, 0.3) is 0 Å². The molecule has 19 heavy (non-hydrogen) atoms. The SMILES string of the molecule is O=C(NCC1CCCCC1)c1n[nH]c2c1CNCC2. The molecule has 0 radical (unpaired) electrons. The Kier molecular flexibility index (Phi) is 3.82. The van der Waals surface area contributed by atoms with Gasteiger partial charge in [0, 0.05) is 37.3 Å². The van der Waals surface area contributed by atoms with E-state index in [1.165, 1.54) is 32.1 Å². The first-order valence-electron chi connectivity index (χ1n) is 7.39. The van der Waals surface area contributed by atoms with Crippen molar-refractivity contribution in [2.45, 2.75) is 45.1 Å². The first-order chi connectivity index (χ1) is 9.34. The molecule has 0 unspecified atom stereocenters. The predicted octanol–water partition coefficient (Wildman–Crippen LogP) is 1.37. The average molecular weight is 262 g/mol. The third kappa shape index (κ3) is 2.81. The van der Waals surface area contributed by atoms with E-state index in [1.807, 2.05) is 0 Å². The Morgan fingerprint density at radius 2 is 2.16 bits per heavy atom. The number of rotatable bonds is 3. The zero-order valence-electron chi connectivity index (χ0n) is 11.3. The van der Waals surface area contributed by atoms with Gasteiger partial charge in [-0.05, 0) is 18.8 Å². The van der Waals surface area contributed by atoms with E-state index in [4.69, 9.17) is 0 Å². The number of aromatic nitrogens is 2. The van der Waals surface area contributed by atoms with Crippen LogP contribution in [-0.2, 0) is 13.0 Å². The summed E-state index contributed by atoms with van der Waals surface area (Å²) in [6.07, 6.45) is 7.40. The Labute approximate surface area is 113 Å². The van der Waals surface area contributed by atoms with Crippen LogP contribution in [-0.4, -0.2) is 29.2 Å². The molecule has 1 fully saturated rings. The summed E-state index contributed by atoms with van der Waals surface area (Å²) in [6, 6.07) is 0. The van der Waals surface area contributed by atoms with Crippen molar-refractivity contribution in [3.8, 4) is 0 Å². The molecule has 3 rings (SSSR count). The fourth-order valence-corrected chi connectivity index (χ4v) is 3.13. The zero-order valence-corrected chi connectivity index (χ0v) is 11.3. The second-order valence-corrected chi connectivity index (χ2v) is 5.67. The van der Waals surface area contributed by atoms with Crippen LogP contribution >= 0.6 is 0 Å². The number of H-pyrrole nitrogens is 1. The van der Waals surface area contributed by atoms with Gasteiger partial charge in [-0.25, -0.2) is 0 Å². The molecule has 5 heteroatoms. The fourth-order valence-electron chi connectivity index (χ4n) is 3.13. The van der Waals surface area contributed by atoms with Gasteiger partial charge in [0.2, 0.25) is 0 Å². The Morgan fingerprint density at radius 3 is 3.00 bits per heavy atom. The summed E-state index contributed by atoms with van der Waals surface area (Å²) in [7, 11) is 0. The van der Waals surface area contributed by atoms with E-state index in [0.29, 0.717) is 11.6 Å². The van der Waals surface area contributed by atoms with Crippen LogP contribution in [0.2, 0.25) is 0 Å². The maximum absolute atomic E-state index is 12.2. The summed E-state index contributed by atoms with van der Waals surface area (Å²) in [5.74, 6) is 0.636. The molecule has 1 aromatic heterocycles. The molecule has 1 saturated carbocycles. The summed E-state index contributed by atoms with van der Waals surface area (Å²) >= 11 is 0. The minimum atomic E-state index is -0.0215. The second kappa shape index (κ2) is 5.74. The Balaban J connectivity index is 1.59. The van der Waals surface area contributed by atoms with Gasteiger partial charge in [0.1, 0.15) is 0 Å². The molecular weight excluding hydrogens is 240 g/mol. The Hall–Kier alpha value is -1.36. The van der Waals surface area contributed by atoms with E-state index >= 15 is 0 Å². The van der Waals surface area contributed by atoms with Crippen molar-refractivity contribution in [2.24, 2.45) is 5.92 Å². The van der Waals surface area contributed by atoms with Crippen LogP contribution in [0.4, 0.5) is 0 Å². The summed E-state index contributed by atoms with van der Waals surface area (Å²) in [4.78, 5) is 12.2. The number of nitrogens with one attached hydrogen (secondary N) is 3. The molecular formula is C14H22N4O. The molecule has 2 heterocycles. The maximum atomic E-state index is 12.2. The highest BCUT2D eigenvalue weighted by molar-refractivity contribution is 5.94. The molecule has 1 amide bonds. The van der Waals surface area contributed by atoms with Crippen LogP contribution in [0.1, 0.15) is 53.8 Å². The third-order valence-corrected chi connectivity index (χ3v) is 4.30. The van der Waals surface area contributed by atoms with Crippen molar-refractivity contribution in [3.63, 3.8) is 0 Å². The molecule has 1 aliphatic carbocycles. The number of hydrogen-bond acceptors (Lipinski definition) is 3. The van der Waals surface area contributed by atoms with E-state index < -0.39 is 0 Å². The maximum Gasteiger partial charge on any atom is 0.272 e. The first kappa shape index (κ1) is 12.7. The van der Waals surface area contributed by atoms with Gasteiger partial charge in [0.25, 0.3) is 5.91 Å². The minimum Gasteiger partial charge on any atom is -0.350 e. The lowest BCUT2D eigenvalue weighted by Crippen LogP contribution is -2.32. The number of amides is 1. The molecule has 1 aliphatic heterocycles. The van der Waals surface area contributed by atoms with Gasteiger partial charge >= 0.3 is 0 Å². The standard InChI is InChI=1S/C14H22N4O/c19-14(16-8-10-4-2-1-3-5-10)13-11-9-15-7-6-12(11)17-18-13/h10,15H,1-9H2,(H,16,19)(H,17,18). The number of nitrogens with zero attached hydrogens (tertiary/aromatic N) is 1. The lowest BCUT2D eigenvalue weighted by molar-refractivity contribution is 0.0937. The lowest BCUT2D eigenvalue weighted by Gasteiger charge is -2.21. The van der Waals surface area contributed by atoms with E-state index in [2.05, 4.69) is 20.8 Å². The monoisotopic (exact) mass is 262 g/mol. The number of carbonyl (C=O) groups excluding carboxylic acids is 1. The average Bonchev–Trinajstić information content (AvgIpc) is 2.90. The van der Waals surface area contributed by atoms with Gasteiger partial charge in [-0.3, -0.25) is 9.89 Å². The molecule has 3 N–H and O–H groups in total. The van der Waals surface area contributed by atoms with Crippen molar-refractivity contribution in [2.75, 3.05) is 13.1 Å². The molecule has 0 atom stereocenters. The second-order valence-electron chi connectivity index (χ2n) is 5.67. The van der Waals surface area contributed by atoms with Crippen LogP contribution in [0, 0.1) is 5.92 Å². The van der Waals surface area contributed by atoms with Gasteiger partial charge in [0.15, 0.2) is 5.69 Å². The quantitative estimate of drug-likeness (QED) is 0.770. The lowest BCUT2D eigenvalue weighted by atomic mass is 9.89. The highest BCUT2D eigenvalue weighted by atomic mass is 16.1. The fraction of sp³-hybridized carbons (Fsp3) is 0.714. The Morgan fingerprint density at radius 1 is 1.32 bits per heavy atom. The first-order valence-corrected chi connectivity index (χ1v) is 7.39. The van der Waals surface area contributed by atoms with Gasteiger partial charge in [0.05, 0.1) is 0 Å². The third-order valence-electron chi connectivity index (χ3n) is 4.30. The van der Waals surface area contributed by atoms with Crippen molar-refractivity contribution in [1.82, 2.24) is 20.8 Å². The van der Waals surface area contributed by atoms with Crippen LogP contribution < -0.4 is 10.6 Å².